The highest BCUT2D eigenvalue weighted by atomic mass is 16.7. The quantitative estimate of drug-likeness (QED) is 0.761. The average molecular weight is 280 g/mol. The van der Waals surface area contributed by atoms with Crippen molar-refractivity contribution < 1.29 is 14.3 Å². The Kier molecular flexibility index (Phi) is 5.25. The number of nitrogens with zero attached hydrogens (tertiary/aromatic N) is 3. The van der Waals surface area contributed by atoms with E-state index in [1.165, 1.54) is 27.1 Å². The second kappa shape index (κ2) is 7.16. The highest BCUT2D eigenvalue weighted by Crippen LogP contribution is 2.16. The van der Waals surface area contributed by atoms with Gasteiger partial charge in [0.05, 0.1) is 6.54 Å². The van der Waals surface area contributed by atoms with Gasteiger partial charge in [0.15, 0.2) is 17.8 Å². The number of rotatable bonds is 6. The number of hydrogen-bond acceptors (Lipinski definition) is 6. The molecule has 7 heteroatoms. The molecule has 1 aliphatic heterocycles. The minimum atomic E-state index is -0.462. The molecule has 2 heterocycles. The normalized spacial score (nSPS) is 14.8. The van der Waals surface area contributed by atoms with Gasteiger partial charge in [-0.2, -0.15) is 0 Å². The highest BCUT2D eigenvalue weighted by Gasteiger charge is 2.16. The summed E-state index contributed by atoms with van der Waals surface area (Å²) < 4.78 is 9.99. The molecule has 2 rings (SSSR count). The lowest BCUT2D eigenvalue weighted by Crippen LogP contribution is -2.34. The van der Waals surface area contributed by atoms with Crippen molar-refractivity contribution in [2.24, 2.45) is 0 Å². The number of amides is 1. The molecule has 0 aromatic carbocycles. The van der Waals surface area contributed by atoms with Crippen LogP contribution in [-0.2, 0) is 9.47 Å². The fourth-order valence-electron chi connectivity index (χ4n) is 2.09. The summed E-state index contributed by atoms with van der Waals surface area (Å²) in [6, 6.07) is 3.52. The predicted molar refractivity (Wildman–Crippen MR) is 73.6 cm³/mol. The molecule has 0 atom stereocenters. The molecule has 0 radical (unpaired) electrons. The van der Waals surface area contributed by atoms with Crippen molar-refractivity contribution in [3.05, 3.63) is 17.8 Å². The van der Waals surface area contributed by atoms with E-state index in [1.807, 2.05) is 6.07 Å². The van der Waals surface area contributed by atoms with Crippen LogP contribution in [0.2, 0.25) is 0 Å². The van der Waals surface area contributed by atoms with Crippen LogP contribution in [0.15, 0.2) is 12.1 Å². The molecule has 0 spiro atoms. The van der Waals surface area contributed by atoms with Gasteiger partial charge in [-0.15, -0.1) is 10.2 Å². The third-order valence-electron chi connectivity index (χ3n) is 3.27. The van der Waals surface area contributed by atoms with Crippen LogP contribution in [0.1, 0.15) is 23.3 Å². The van der Waals surface area contributed by atoms with Crippen molar-refractivity contribution in [2.75, 3.05) is 38.8 Å². The van der Waals surface area contributed by atoms with E-state index >= 15 is 0 Å². The molecule has 0 bridgehead atoms. The lowest BCUT2D eigenvalue weighted by Gasteiger charge is -2.16. The fourth-order valence-corrected chi connectivity index (χ4v) is 2.09. The van der Waals surface area contributed by atoms with Gasteiger partial charge in [0, 0.05) is 27.3 Å². The number of carbonyl (C=O) groups excluding carboxylic acids is 1. The van der Waals surface area contributed by atoms with Gasteiger partial charge >= 0.3 is 0 Å². The van der Waals surface area contributed by atoms with Gasteiger partial charge in [-0.25, -0.2) is 0 Å². The zero-order chi connectivity index (χ0) is 14.4. The van der Waals surface area contributed by atoms with E-state index in [0.29, 0.717) is 5.69 Å². The SMILES string of the molecule is COC(CNC(=O)c1ccc(N2CCCC2)nn1)OC. The Morgan fingerprint density at radius 1 is 1.30 bits per heavy atom. The maximum atomic E-state index is 11.9. The van der Waals surface area contributed by atoms with Crippen LogP contribution in [0.3, 0.4) is 0 Å². The summed E-state index contributed by atoms with van der Waals surface area (Å²) >= 11 is 0. The molecule has 0 unspecified atom stereocenters. The summed E-state index contributed by atoms with van der Waals surface area (Å²) in [6.07, 6.45) is 1.90. The van der Waals surface area contributed by atoms with E-state index in [1.54, 1.807) is 6.07 Å². The number of hydrogen-bond donors (Lipinski definition) is 1. The lowest BCUT2D eigenvalue weighted by atomic mass is 10.3. The molecule has 1 N–H and O–H groups in total. The van der Waals surface area contributed by atoms with Gasteiger partial charge in [-0.3, -0.25) is 4.79 Å². The summed E-state index contributed by atoms with van der Waals surface area (Å²) in [5.41, 5.74) is 0.291. The first-order valence-electron chi connectivity index (χ1n) is 6.67. The third-order valence-corrected chi connectivity index (χ3v) is 3.27. The third kappa shape index (κ3) is 3.64. The Morgan fingerprint density at radius 2 is 2.00 bits per heavy atom. The van der Waals surface area contributed by atoms with Crippen molar-refractivity contribution in [1.82, 2.24) is 15.5 Å². The van der Waals surface area contributed by atoms with Crippen molar-refractivity contribution in [3.63, 3.8) is 0 Å². The maximum Gasteiger partial charge on any atom is 0.271 e. The van der Waals surface area contributed by atoms with Gasteiger partial charge in [0.25, 0.3) is 5.91 Å². The highest BCUT2D eigenvalue weighted by molar-refractivity contribution is 5.92. The van der Waals surface area contributed by atoms with Crippen molar-refractivity contribution in [2.45, 2.75) is 19.1 Å². The Hall–Kier alpha value is -1.73. The Labute approximate surface area is 118 Å². The summed E-state index contributed by atoms with van der Waals surface area (Å²) in [4.78, 5) is 14.0. The van der Waals surface area contributed by atoms with Crippen molar-refractivity contribution in [1.29, 1.82) is 0 Å². The molecule has 1 aliphatic rings. The fraction of sp³-hybridized carbons (Fsp3) is 0.615. The molecule has 0 aliphatic carbocycles. The first-order valence-corrected chi connectivity index (χ1v) is 6.67. The Bertz CT molecular complexity index is 428. The zero-order valence-corrected chi connectivity index (χ0v) is 11.8. The average Bonchev–Trinajstić information content (AvgIpc) is 3.02. The predicted octanol–water partition coefficient (Wildman–Crippen LogP) is 0.425. The first kappa shape index (κ1) is 14.7. The molecule has 20 heavy (non-hydrogen) atoms. The van der Waals surface area contributed by atoms with Gasteiger partial charge in [0.2, 0.25) is 0 Å². The number of nitrogens with one attached hydrogen (secondary N) is 1. The van der Waals surface area contributed by atoms with Gasteiger partial charge in [0.1, 0.15) is 0 Å². The molecule has 1 aromatic heterocycles. The van der Waals surface area contributed by atoms with E-state index < -0.39 is 6.29 Å². The minimum Gasteiger partial charge on any atom is -0.355 e. The zero-order valence-electron chi connectivity index (χ0n) is 11.8. The number of carbonyl (C=O) groups is 1. The van der Waals surface area contributed by atoms with Gasteiger partial charge < -0.3 is 19.7 Å². The van der Waals surface area contributed by atoms with Gasteiger partial charge in [-0.1, -0.05) is 0 Å². The lowest BCUT2D eigenvalue weighted by molar-refractivity contribution is -0.0974. The van der Waals surface area contributed by atoms with E-state index in [0.717, 1.165) is 18.9 Å². The number of methoxy groups -OCH3 is 2. The van der Waals surface area contributed by atoms with Crippen LogP contribution >= 0.6 is 0 Å². The van der Waals surface area contributed by atoms with Crippen LogP contribution in [-0.4, -0.2) is 56.2 Å². The molecule has 110 valence electrons. The van der Waals surface area contributed by atoms with Crippen molar-refractivity contribution in [3.8, 4) is 0 Å². The minimum absolute atomic E-state index is 0.265. The summed E-state index contributed by atoms with van der Waals surface area (Å²) in [7, 11) is 3.04. The van der Waals surface area contributed by atoms with E-state index in [2.05, 4.69) is 20.4 Å². The van der Waals surface area contributed by atoms with E-state index in [-0.39, 0.29) is 12.5 Å². The first-order chi connectivity index (χ1) is 9.74. The monoisotopic (exact) mass is 280 g/mol. The summed E-state index contributed by atoms with van der Waals surface area (Å²) in [6.45, 7) is 2.27. The van der Waals surface area contributed by atoms with Crippen molar-refractivity contribution >= 4 is 11.7 Å². The molecule has 0 saturated carbocycles. The number of aromatic nitrogens is 2. The number of anilines is 1. The second-order valence-electron chi connectivity index (χ2n) is 4.58. The van der Waals surface area contributed by atoms with Crippen LogP contribution < -0.4 is 10.2 Å². The van der Waals surface area contributed by atoms with E-state index in [9.17, 15) is 4.79 Å². The smallest absolute Gasteiger partial charge is 0.271 e. The largest absolute Gasteiger partial charge is 0.355 e. The van der Waals surface area contributed by atoms with Crippen LogP contribution in [0, 0.1) is 0 Å². The van der Waals surface area contributed by atoms with Crippen LogP contribution in [0.25, 0.3) is 0 Å². The van der Waals surface area contributed by atoms with Crippen LogP contribution in [0.4, 0.5) is 5.82 Å². The second-order valence-corrected chi connectivity index (χ2v) is 4.58. The Balaban J connectivity index is 1.90. The molecule has 1 saturated heterocycles. The summed E-state index contributed by atoms with van der Waals surface area (Å²) in [5, 5.41) is 10.8. The molecule has 1 fully saturated rings. The topological polar surface area (TPSA) is 76.6 Å². The molecule has 1 aromatic rings. The van der Waals surface area contributed by atoms with E-state index in [4.69, 9.17) is 9.47 Å². The van der Waals surface area contributed by atoms with Crippen LogP contribution in [0.5, 0.6) is 0 Å². The Morgan fingerprint density at radius 3 is 2.55 bits per heavy atom. The molecular formula is C13H20N4O3. The summed E-state index contributed by atoms with van der Waals surface area (Å²) in [5.74, 6) is 0.537. The van der Waals surface area contributed by atoms with Gasteiger partial charge in [-0.05, 0) is 25.0 Å². The number of ether oxygens (including phenoxy) is 2. The molecule has 7 nitrogen and oxygen atoms in total. The molecule has 1 amide bonds. The molecular weight excluding hydrogens is 260 g/mol. The maximum absolute atomic E-state index is 11.9. The standard InChI is InChI=1S/C13H20N4O3/c1-19-12(20-2)9-14-13(18)10-5-6-11(16-15-10)17-7-3-4-8-17/h5-6,12H,3-4,7-9H2,1-2H3,(H,14,18).